The number of piperidine rings is 1. The number of hydrogen-bond donors (Lipinski definition) is 2. The van der Waals surface area contributed by atoms with Crippen molar-refractivity contribution in [1.29, 1.82) is 0 Å². The van der Waals surface area contributed by atoms with E-state index in [9.17, 15) is 4.79 Å². The van der Waals surface area contributed by atoms with Crippen LogP contribution in [0.4, 0.5) is 5.69 Å². The molecule has 1 aromatic carbocycles. The lowest BCUT2D eigenvalue weighted by Gasteiger charge is -2.36. The zero-order chi connectivity index (χ0) is 15.4. The van der Waals surface area contributed by atoms with Crippen LogP contribution in [-0.2, 0) is 9.53 Å². The number of aryl methyl sites for hydroxylation is 1. The minimum atomic E-state index is -0.157. The molecule has 0 aromatic heterocycles. The van der Waals surface area contributed by atoms with Gasteiger partial charge in [-0.15, -0.1) is 0 Å². The number of anilines is 1. The van der Waals surface area contributed by atoms with Crippen LogP contribution in [0.5, 0.6) is 0 Å². The minimum absolute atomic E-state index is 0.157. The van der Waals surface area contributed by atoms with Crippen molar-refractivity contribution in [2.24, 2.45) is 0 Å². The summed E-state index contributed by atoms with van der Waals surface area (Å²) in [6.45, 7) is 5.71. The van der Waals surface area contributed by atoms with Gasteiger partial charge in [0.15, 0.2) is 0 Å². The number of carbonyl (C=O) groups excluding carboxylic acids is 1. The maximum absolute atomic E-state index is 12.4. The van der Waals surface area contributed by atoms with E-state index < -0.39 is 0 Å². The molecule has 0 radical (unpaired) electrons. The number of nitrogens with zero attached hydrogens (tertiary/aromatic N) is 1. The summed E-state index contributed by atoms with van der Waals surface area (Å²) in [5.74, 6) is 0.189. The van der Waals surface area contributed by atoms with Gasteiger partial charge in [0.05, 0.1) is 13.2 Å². The molecule has 2 aliphatic heterocycles. The lowest BCUT2D eigenvalue weighted by molar-refractivity contribution is -0.137. The molecule has 120 valence electrons. The third-order valence-corrected chi connectivity index (χ3v) is 4.42. The molecule has 2 heterocycles. The van der Waals surface area contributed by atoms with Crippen LogP contribution in [0.2, 0.25) is 0 Å². The molecular weight excluding hydrogens is 278 g/mol. The van der Waals surface area contributed by atoms with Crippen LogP contribution >= 0.6 is 0 Å². The van der Waals surface area contributed by atoms with E-state index in [4.69, 9.17) is 4.74 Å². The number of morpholine rings is 1. The second-order valence-corrected chi connectivity index (χ2v) is 6.20. The third kappa shape index (κ3) is 3.78. The van der Waals surface area contributed by atoms with E-state index in [0.29, 0.717) is 19.3 Å². The molecule has 2 aliphatic rings. The predicted molar refractivity (Wildman–Crippen MR) is 87.0 cm³/mol. The van der Waals surface area contributed by atoms with Gasteiger partial charge in [-0.25, -0.2) is 0 Å². The van der Waals surface area contributed by atoms with Crippen LogP contribution in [0.25, 0.3) is 0 Å². The molecule has 1 unspecified atom stereocenters. The first kappa shape index (κ1) is 15.3. The minimum Gasteiger partial charge on any atom is -0.382 e. The highest BCUT2D eigenvalue weighted by atomic mass is 16.5. The summed E-state index contributed by atoms with van der Waals surface area (Å²) in [5, 5.41) is 6.82. The number of hydrogen-bond acceptors (Lipinski definition) is 4. The lowest BCUT2D eigenvalue weighted by atomic mass is 10.0. The van der Waals surface area contributed by atoms with Crippen molar-refractivity contribution < 1.29 is 9.53 Å². The standard InChI is InChI=1S/C17H25N3O2/c1-13-3-2-4-15(11-13)19-14-5-8-20(9-6-14)17(21)16-12-22-10-7-18-16/h2-4,11,14,16,18-19H,5-10,12H2,1H3. The van der Waals surface area contributed by atoms with Gasteiger partial charge >= 0.3 is 0 Å². The van der Waals surface area contributed by atoms with Crippen LogP contribution in [0.1, 0.15) is 18.4 Å². The van der Waals surface area contributed by atoms with Gasteiger partial charge in [-0.2, -0.15) is 0 Å². The van der Waals surface area contributed by atoms with Gasteiger partial charge in [-0.3, -0.25) is 4.79 Å². The molecule has 5 nitrogen and oxygen atoms in total. The Labute approximate surface area is 132 Å². The fourth-order valence-electron chi connectivity index (χ4n) is 3.16. The van der Waals surface area contributed by atoms with Gasteiger partial charge in [-0.1, -0.05) is 12.1 Å². The van der Waals surface area contributed by atoms with Gasteiger partial charge in [0.1, 0.15) is 6.04 Å². The van der Waals surface area contributed by atoms with E-state index in [0.717, 1.165) is 32.5 Å². The molecular formula is C17H25N3O2. The first-order valence-electron chi connectivity index (χ1n) is 8.15. The number of nitrogens with one attached hydrogen (secondary N) is 2. The van der Waals surface area contributed by atoms with E-state index in [1.807, 2.05) is 4.90 Å². The fraction of sp³-hybridized carbons (Fsp3) is 0.588. The molecule has 0 bridgehead atoms. The van der Waals surface area contributed by atoms with E-state index in [2.05, 4.69) is 41.8 Å². The predicted octanol–water partition coefficient (Wildman–Crippen LogP) is 1.39. The van der Waals surface area contributed by atoms with Crippen molar-refractivity contribution in [2.45, 2.75) is 31.8 Å². The molecule has 2 N–H and O–H groups in total. The number of ether oxygens (including phenoxy) is 1. The smallest absolute Gasteiger partial charge is 0.242 e. The summed E-state index contributed by atoms with van der Waals surface area (Å²) >= 11 is 0. The summed E-state index contributed by atoms with van der Waals surface area (Å²) in [6, 6.07) is 8.74. The second kappa shape index (κ2) is 7.11. The van der Waals surface area contributed by atoms with Gasteiger partial charge in [0.2, 0.25) is 5.91 Å². The van der Waals surface area contributed by atoms with Crippen molar-refractivity contribution >= 4 is 11.6 Å². The Kier molecular flexibility index (Phi) is 4.95. The first-order chi connectivity index (χ1) is 10.7. The maximum atomic E-state index is 12.4. The molecule has 0 aliphatic carbocycles. The molecule has 0 saturated carbocycles. The Bertz CT molecular complexity index is 506. The van der Waals surface area contributed by atoms with Gasteiger partial charge in [-0.05, 0) is 37.5 Å². The molecule has 0 spiro atoms. The van der Waals surface area contributed by atoms with Gasteiger partial charge in [0.25, 0.3) is 0 Å². The number of benzene rings is 1. The highest BCUT2D eigenvalue weighted by molar-refractivity contribution is 5.82. The van der Waals surface area contributed by atoms with E-state index in [-0.39, 0.29) is 11.9 Å². The zero-order valence-electron chi connectivity index (χ0n) is 13.2. The Balaban J connectivity index is 1.48. The van der Waals surface area contributed by atoms with Crippen molar-refractivity contribution in [2.75, 3.05) is 38.2 Å². The molecule has 1 atom stereocenters. The normalized spacial score (nSPS) is 23.3. The topological polar surface area (TPSA) is 53.6 Å². The average Bonchev–Trinajstić information content (AvgIpc) is 2.56. The quantitative estimate of drug-likeness (QED) is 0.886. The third-order valence-electron chi connectivity index (χ3n) is 4.42. The van der Waals surface area contributed by atoms with Crippen LogP contribution in [0, 0.1) is 6.92 Å². The molecule has 2 fully saturated rings. The average molecular weight is 303 g/mol. The van der Waals surface area contributed by atoms with Gasteiger partial charge in [0, 0.05) is 31.4 Å². The van der Waals surface area contributed by atoms with Crippen LogP contribution < -0.4 is 10.6 Å². The molecule has 1 amide bonds. The number of rotatable bonds is 3. The molecule has 2 saturated heterocycles. The van der Waals surface area contributed by atoms with Crippen LogP contribution in [0.15, 0.2) is 24.3 Å². The number of likely N-dealkylation sites (tertiary alicyclic amines) is 1. The summed E-state index contributed by atoms with van der Waals surface area (Å²) in [4.78, 5) is 14.4. The molecule has 1 aromatic rings. The highest BCUT2D eigenvalue weighted by Gasteiger charge is 2.29. The highest BCUT2D eigenvalue weighted by Crippen LogP contribution is 2.18. The van der Waals surface area contributed by atoms with Crippen molar-refractivity contribution in [3.8, 4) is 0 Å². The molecule has 5 heteroatoms. The number of amides is 1. The SMILES string of the molecule is Cc1cccc(NC2CCN(C(=O)C3COCCN3)CC2)c1. The summed E-state index contributed by atoms with van der Waals surface area (Å²) in [7, 11) is 0. The molecule has 3 rings (SSSR count). The Morgan fingerprint density at radius 2 is 2.18 bits per heavy atom. The van der Waals surface area contributed by atoms with Crippen molar-refractivity contribution in [3.05, 3.63) is 29.8 Å². The van der Waals surface area contributed by atoms with E-state index >= 15 is 0 Å². The largest absolute Gasteiger partial charge is 0.382 e. The maximum Gasteiger partial charge on any atom is 0.242 e. The second-order valence-electron chi connectivity index (χ2n) is 6.20. The van der Waals surface area contributed by atoms with Crippen molar-refractivity contribution in [3.63, 3.8) is 0 Å². The summed E-state index contributed by atoms with van der Waals surface area (Å²) in [6.07, 6.45) is 1.99. The molecule has 22 heavy (non-hydrogen) atoms. The van der Waals surface area contributed by atoms with E-state index in [1.165, 1.54) is 11.3 Å². The Morgan fingerprint density at radius 3 is 2.86 bits per heavy atom. The van der Waals surface area contributed by atoms with Crippen LogP contribution in [0.3, 0.4) is 0 Å². The summed E-state index contributed by atoms with van der Waals surface area (Å²) < 4.78 is 5.38. The Hall–Kier alpha value is -1.59. The number of carbonyl (C=O) groups is 1. The van der Waals surface area contributed by atoms with E-state index in [1.54, 1.807) is 0 Å². The Morgan fingerprint density at radius 1 is 1.36 bits per heavy atom. The first-order valence-corrected chi connectivity index (χ1v) is 8.15. The lowest BCUT2D eigenvalue weighted by Crippen LogP contribution is -2.54. The zero-order valence-corrected chi connectivity index (χ0v) is 13.2. The monoisotopic (exact) mass is 303 g/mol. The van der Waals surface area contributed by atoms with Gasteiger partial charge < -0.3 is 20.3 Å². The van der Waals surface area contributed by atoms with Crippen molar-refractivity contribution in [1.82, 2.24) is 10.2 Å². The summed E-state index contributed by atoms with van der Waals surface area (Å²) in [5.41, 5.74) is 2.44. The fourth-order valence-corrected chi connectivity index (χ4v) is 3.16. The van der Waals surface area contributed by atoms with Crippen LogP contribution in [-0.4, -0.2) is 55.7 Å².